The molecule has 2 aromatic carbocycles. The molecule has 7 heteroatoms. The SMILES string of the molecule is O=C(CN(Cc1ccco1)Cc1cc2c(cc1Br)OCCO2)Nc1ccccc1. The van der Waals surface area contributed by atoms with E-state index in [4.69, 9.17) is 13.9 Å². The van der Waals surface area contributed by atoms with Gasteiger partial charge in [0, 0.05) is 16.7 Å². The van der Waals surface area contributed by atoms with Crippen molar-refractivity contribution in [2.24, 2.45) is 0 Å². The Labute approximate surface area is 177 Å². The first-order valence-corrected chi connectivity index (χ1v) is 10.1. The Bertz CT molecular complexity index is 960. The van der Waals surface area contributed by atoms with Crippen LogP contribution in [0.25, 0.3) is 0 Å². The number of nitrogens with one attached hydrogen (secondary N) is 1. The van der Waals surface area contributed by atoms with Crippen LogP contribution in [0.15, 0.2) is 69.8 Å². The fourth-order valence-electron chi connectivity index (χ4n) is 3.18. The van der Waals surface area contributed by atoms with Crippen molar-refractivity contribution in [3.63, 3.8) is 0 Å². The van der Waals surface area contributed by atoms with Gasteiger partial charge in [-0.15, -0.1) is 0 Å². The molecule has 1 aromatic heterocycles. The number of benzene rings is 2. The van der Waals surface area contributed by atoms with Crippen molar-refractivity contribution in [1.82, 2.24) is 4.90 Å². The van der Waals surface area contributed by atoms with E-state index < -0.39 is 0 Å². The summed E-state index contributed by atoms with van der Waals surface area (Å²) in [5, 5.41) is 2.93. The third-order valence-electron chi connectivity index (χ3n) is 4.49. The van der Waals surface area contributed by atoms with Crippen LogP contribution in [0.4, 0.5) is 5.69 Å². The van der Waals surface area contributed by atoms with E-state index in [9.17, 15) is 4.79 Å². The Morgan fingerprint density at radius 2 is 1.76 bits per heavy atom. The minimum Gasteiger partial charge on any atom is -0.486 e. The number of amides is 1. The fraction of sp³-hybridized carbons (Fsp3) is 0.227. The largest absolute Gasteiger partial charge is 0.486 e. The van der Waals surface area contributed by atoms with Gasteiger partial charge in [-0.3, -0.25) is 9.69 Å². The standard InChI is InChI=1S/C22H21BrN2O4/c23-19-12-21-20(28-9-10-29-21)11-16(19)13-25(14-18-7-4-8-27-18)15-22(26)24-17-5-2-1-3-6-17/h1-8,11-12H,9-10,13-15H2,(H,24,26). The van der Waals surface area contributed by atoms with Gasteiger partial charge < -0.3 is 19.2 Å². The Hall–Kier alpha value is -2.77. The van der Waals surface area contributed by atoms with Crippen LogP contribution in [0, 0.1) is 0 Å². The number of halogens is 1. The highest BCUT2D eigenvalue weighted by Crippen LogP contribution is 2.36. The van der Waals surface area contributed by atoms with E-state index in [2.05, 4.69) is 21.2 Å². The third-order valence-corrected chi connectivity index (χ3v) is 5.23. The Morgan fingerprint density at radius 1 is 1.00 bits per heavy atom. The summed E-state index contributed by atoms with van der Waals surface area (Å²) in [6, 6.07) is 17.1. The molecule has 6 nitrogen and oxygen atoms in total. The number of nitrogens with zero attached hydrogens (tertiary/aromatic N) is 1. The molecule has 3 aromatic rings. The highest BCUT2D eigenvalue weighted by Gasteiger charge is 2.19. The van der Waals surface area contributed by atoms with E-state index in [1.165, 1.54) is 0 Å². The Kier molecular flexibility index (Phi) is 6.17. The fourth-order valence-corrected chi connectivity index (χ4v) is 3.63. The molecule has 4 rings (SSSR count). The van der Waals surface area contributed by atoms with Gasteiger partial charge in [-0.05, 0) is 42.0 Å². The van der Waals surface area contributed by atoms with Gasteiger partial charge in [0.05, 0.1) is 19.4 Å². The molecular weight excluding hydrogens is 436 g/mol. The van der Waals surface area contributed by atoms with Crippen molar-refractivity contribution < 1.29 is 18.7 Å². The number of fused-ring (bicyclic) bond motifs is 1. The molecule has 2 heterocycles. The van der Waals surface area contributed by atoms with Crippen molar-refractivity contribution in [3.05, 3.63) is 76.7 Å². The number of hydrogen-bond donors (Lipinski definition) is 1. The van der Waals surface area contributed by atoms with Crippen LogP contribution in [0.1, 0.15) is 11.3 Å². The molecule has 1 aliphatic rings. The summed E-state index contributed by atoms with van der Waals surface area (Å²) in [5.74, 6) is 2.16. The van der Waals surface area contributed by atoms with E-state index >= 15 is 0 Å². The molecule has 0 spiro atoms. The number of furan rings is 1. The number of para-hydroxylation sites is 1. The molecule has 1 aliphatic heterocycles. The molecule has 0 radical (unpaired) electrons. The van der Waals surface area contributed by atoms with Gasteiger partial charge in [-0.25, -0.2) is 0 Å². The van der Waals surface area contributed by atoms with Crippen molar-refractivity contribution in [1.29, 1.82) is 0 Å². The van der Waals surface area contributed by atoms with E-state index in [1.54, 1.807) is 6.26 Å². The molecule has 0 atom stereocenters. The van der Waals surface area contributed by atoms with Crippen molar-refractivity contribution in [2.75, 3.05) is 25.1 Å². The third kappa shape index (κ3) is 5.19. The first-order chi connectivity index (χ1) is 14.2. The highest BCUT2D eigenvalue weighted by molar-refractivity contribution is 9.10. The van der Waals surface area contributed by atoms with E-state index in [-0.39, 0.29) is 12.5 Å². The molecule has 1 amide bonds. The number of hydrogen-bond acceptors (Lipinski definition) is 5. The van der Waals surface area contributed by atoms with E-state index in [0.29, 0.717) is 26.3 Å². The summed E-state index contributed by atoms with van der Waals surface area (Å²) in [6.45, 7) is 2.35. The van der Waals surface area contributed by atoms with Gasteiger partial charge in [0.1, 0.15) is 19.0 Å². The number of carbonyl (C=O) groups is 1. The lowest BCUT2D eigenvalue weighted by Gasteiger charge is -2.24. The first-order valence-electron chi connectivity index (χ1n) is 9.35. The summed E-state index contributed by atoms with van der Waals surface area (Å²) in [4.78, 5) is 14.6. The average Bonchev–Trinajstić information content (AvgIpc) is 3.22. The summed E-state index contributed by atoms with van der Waals surface area (Å²) in [6.07, 6.45) is 1.64. The highest BCUT2D eigenvalue weighted by atomic mass is 79.9. The minimum atomic E-state index is -0.0866. The van der Waals surface area contributed by atoms with Crippen LogP contribution in [-0.2, 0) is 17.9 Å². The smallest absolute Gasteiger partial charge is 0.238 e. The minimum absolute atomic E-state index is 0.0866. The van der Waals surface area contributed by atoms with Gasteiger partial charge in [0.15, 0.2) is 11.5 Å². The second kappa shape index (κ2) is 9.15. The molecule has 150 valence electrons. The second-order valence-electron chi connectivity index (χ2n) is 6.73. The molecule has 1 N–H and O–H groups in total. The first kappa shape index (κ1) is 19.5. The summed E-state index contributed by atoms with van der Waals surface area (Å²) in [7, 11) is 0. The number of anilines is 1. The predicted molar refractivity (Wildman–Crippen MR) is 113 cm³/mol. The van der Waals surface area contributed by atoms with Crippen LogP contribution in [0.5, 0.6) is 11.5 Å². The van der Waals surface area contributed by atoms with E-state index in [0.717, 1.165) is 33.0 Å². The zero-order chi connectivity index (χ0) is 20.1. The number of ether oxygens (including phenoxy) is 2. The van der Waals surface area contributed by atoms with Gasteiger partial charge in [-0.2, -0.15) is 0 Å². The molecule has 29 heavy (non-hydrogen) atoms. The lowest BCUT2D eigenvalue weighted by molar-refractivity contribution is -0.117. The molecule has 0 saturated heterocycles. The lowest BCUT2D eigenvalue weighted by atomic mass is 10.1. The lowest BCUT2D eigenvalue weighted by Crippen LogP contribution is -2.32. The molecule has 0 aliphatic carbocycles. The van der Waals surface area contributed by atoms with Crippen molar-refractivity contribution in [2.45, 2.75) is 13.1 Å². The quantitative estimate of drug-likeness (QED) is 0.568. The maximum absolute atomic E-state index is 12.6. The molecule has 0 fully saturated rings. The summed E-state index contributed by atoms with van der Waals surface area (Å²) >= 11 is 3.62. The van der Waals surface area contributed by atoms with Crippen LogP contribution in [0.2, 0.25) is 0 Å². The second-order valence-corrected chi connectivity index (χ2v) is 7.58. The molecule has 0 saturated carbocycles. The zero-order valence-corrected chi connectivity index (χ0v) is 17.4. The Balaban J connectivity index is 1.50. The van der Waals surface area contributed by atoms with Crippen LogP contribution in [0.3, 0.4) is 0 Å². The maximum Gasteiger partial charge on any atom is 0.238 e. The zero-order valence-electron chi connectivity index (χ0n) is 15.8. The normalized spacial score (nSPS) is 12.8. The summed E-state index contributed by atoms with van der Waals surface area (Å²) in [5.41, 5.74) is 1.78. The maximum atomic E-state index is 12.6. The van der Waals surface area contributed by atoms with Crippen LogP contribution >= 0.6 is 15.9 Å². The molecule has 0 unspecified atom stereocenters. The van der Waals surface area contributed by atoms with Gasteiger partial charge >= 0.3 is 0 Å². The molecular formula is C22H21BrN2O4. The van der Waals surface area contributed by atoms with E-state index in [1.807, 2.05) is 59.5 Å². The topological polar surface area (TPSA) is 63.9 Å². The molecule has 0 bridgehead atoms. The Morgan fingerprint density at radius 3 is 2.48 bits per heavy atom. The van der Waals surface area contributed by atoms with Crippen molar-refractivity contribution in [3.8, 4) is 11.5 Å². The van der Waals surface area contributed by atoms with Gasteiger partial charge in [0.25, 0.3) is 0 Å². The number of carbonyl (C=O) groups excluding carboxylic acids is 1. The number of rotatable bonds is 7. The van der Waals surface area contributed by atoms with Crippen LogP contribution < -0.4 is 14.8 Å². The van der Waals surface area contributed by atoms with Gasteiger partial charge in [-0.1, -0.05) is 34.1 Å². The predicted octanol–water partition coefficient (Wildman–Crippen LogP) is 4.45. The van der Waals surface area contributed by atoms with Crippen molar-refractivity contribution >= 4 is 27.5 Å². The van der Waals surface area contributed by atoms with Crippen LogP contribution in [-0.4, -0.2) is 30.6 Å². The average molecular weight is 457 g/mol. The monoisotopic (exact) mass is 456 g/mol. The van der Waals surface area contributed by atoms with Gasteiger partial charge in [0.2, 0.25) is 5.91 Å². The summed E-state index contributed by atoms with van der Waals surface area (Å²) < 4.78 is 17.7.